The lowest BCUT2D eigenvalue weighted by Gasteiger charge is -2.04. The number of hydrogen-bond donors (Lipinski definition) is 0. The van der Waals surface area contributed by atoms with Gasteiger partial charge in [0.25, 0.3) is 0 Å². The van der Waals surface area contributed by atoms with Crippen LogP contribution in [0.4, 0.5) is 5.69 Å². The van der Waals surface area contributed by atoms with Crippen molar-refractivity contribution in [2.75, 3.05) is 6.54 Å². The summed E-state index contributed by atoms with van der Waals surface area (Å²) in [5.74, 6) is 0. The lowest BCUT2D eigenvalue weighted by atomic mass is 10.1. The van der Waals surface area contributed by atoms with E-state index in [2.05, 4.69) is 36.5 Å². The lowest BCUT2D eigenvalue weighted by molar-refractivity contribution is 0.542. The number of nitrogens with zero attached hydrogens (tertiary/aromatic N) is 1. The molecule has 1 heteroatoms. The number of benzene rings is 1. The fraction of sp³-hybridized carbons (Fsp3) is 0.700. The van der Waals surface area contributed by atoms with E-state index in [1.54, 1.807) is 0 Å². The third kappa shape index (κ3) is 11.4. The average Bonchev–Trinajstić information content (AvgIpc) is 2.53. The van der Waals surface area contributed by atoms with Gasteiger partial charge < -0.3 is 0 Å². The van der Waals surface area contributed by atoms with Gasteiger partial charge in [-0.25, -0.2) is 0 Å². The standard InChI is InChI=1S/C20H34N/c1-2-3-4-5-6-7-8-9-10-11-12-16-19-21-20-17-14-13-15-18-20/h13-15,17-18H,2-12,16,19H2,1H3. The summed E-state index contributed by atoms with van der Waals surface area (Å²) in [5, 5.41) is 4.59. The van der Waals surface area contributed by atoms with Crippen LogP contribution in [-0.4, -0.2) is 6.54 Å². The zero-order valence-corrected chi connectivity index (χ0v) is 14.0. The molecule has 0 amide bonds. The summed E-state index contributed by atoms with van der Waals surface area (Å²) in [6.45, 7) is 3.27. The second-order valence-electron chi connectivity index (χ2n) is 6.11. The molecule has 1 nitrogen and oxygen atoms in total. The normalized spacial score (nSPS) is 10.7. The first-order valence-electron chi connectivity index (χ1n) is 9.16. The molecule has 1 aromatic rings. The minimum atomic E-state index is 0.988. The predicted molar refractivity (Wildman–Crippen MR) is 94.2 cm³/mol. The Balaban J connectivity index is 1.75. The Morgan fingerprint density at radius 3 is 1.62 bits per heavy atom. The second-order valence-corrected chi connectivity index (χ2v) is 6.11. The summed E-state index contributed by atoms with van der Waals surface area (Å²) in [4.78, 5) is 0. The van der Waals surface area contributed by atoms with Gasteiger partial charge in [-0.3, -0.25) is 5.32 Å². The highest BCUT2D eigenvalue weighted by Gasteiger charge is 1.95. The van der Waals surface area contributed by atoms with Crippen LogP contribution in [0.2, 0.25) is 0 Å². The molecule has 0 bridgehead atoms. The minimum absolute atomic E-state index is 0.988. The monoisotopic (exact) mass is 288 g/mol. The van der Waals surface area contributed by atoms with E-state index < -0.39 is 0 Å². The number of rotatable bonds is 14. The van der Waals surface area contributed by atoms with Gasteiger partial charge in [-0.15, -0.1) is 0 Å². The maximum Gasteiger partial charge on any atom is 0.0574 e. The molecule has 0 saturated heterocycles. The molecule has 1 rings (SSSR count). The van der Waals surface area contributed by atoms with E-state index >= 15 is 0 Å². The fourth-order valence-corrected chi connectivity index (χ4v) is 2.69. The number of hydrogen-bond acceptors (Lipinski definition) is 0. The summed E-state index contributed by atoms with van der Waals surface area (Å²) in [5.41, 5.74) is 1.13. The average molecular weight is 288 g/mol. The molecule has 21 heavy (non-hydrogen) atoms. The van der Waals surface area contributed by atoms with Crippen LogP contribution in [0.15, 0.2) is 30.3 Å². The van der Waals surface area contributed by atoms with E-state index in [1.807, 2.05) is 6.07 Å². The van der Waals surface area contributed by atoms with Crippen molar-refractivity contribution >= 4 is 5.69 Å². The van der Waals surface area contributed by atoms with Crippen LogP contribution in [0.3, 0.4) is 0 Å². The first kappa shape index (κ1) is 18.1. The van der Waals surface area contributed by atoms with Crippen LogP contribution in [0.1, 0.15) is 84.0 Å². The Labute approximate surface area is 132 Å². The molecular formula is C20H34N. The van der Waals surface area contributed by atoms with Crippen LogP contribution < -0.4 is 5.32 Å². The molecule has 0 aliphatic heterocycles. The Morgan fingerprint density at radius 1 is 0.619 bits per heavy atom. The van der Waals surface area contributed by atoms with Crippen molar-refractivity contribution in [2.24, 2.45) is 0 Å². The predicted octanol–water partition coefficient (Wildman–Crippen LogP) is 6.62. The molecule has 0 N–H and O–H groups in total. The second kappa shape index (κ2) is 14.0. The van der Waals surface area contributed by atoms with Crippen molar-refractivity contribution in [1.82, 2.24) is 5.32 Å². The van der Waals surface area contributed by atoms with Gasteiger partial charge in [-0.05, 0) is 18.6 Å². The summed E-state index contributed by atoms with van der Waals surface area (Å²) in [6.07, 6.45) is 16.9. The maximum atomic E-state index is 4.59. The van der Waals surface area contributed by atoms with Gasteiger partial charge in [0.05, 0.1) is 5.69 Å². The molecule has 0 aliphatic rings. The van der Waals surface area contributed by atoms with E-state index in [0.29, 0.717) is 0 Å². The van der Waals surface area contributed by atoms with Crippen LogP contribution in [0.5, 0.6) is 0 Å². The minimum Gasteiger partial charge on any atom is -0.285 e. The summed E-state index contributed by atoms with van der Waals surface area (Å²) < 4.78 is 0. The smallest absolute Gasteiger partial charge is 0.0574 e. The zero-order valence-electron chi connectivity index (χ0n) is 14.0. The third-order valence-electron chi connectivity index (χ3n) is 4.06. The lowest BCUT2D eigenvalue weighted by Crippen LogP contribution is -1.99. The Kier molecular flexibility index (Phi) is 12.0. The molecule has 0 unspecified atom stereocenters. The molecule has 0 atom stereocenters. The molecule has 0 saturated carbocycles. The van der Waals surface area contributed by atoms with Gasteiger partial charge in [0, 0.05) is 6.54 Å². The van der Waals surface area contributed by atoms with Gasteiger partial charge in [-0.2, -0.15) is 0 Å². The van der Waals surface area contributed by atoms with Gasteiger partial charge in [0.1, 0.15) is 0 Å². The van der Waals surface area contributed by atoms with Crippen molar-refractivity contribution in [3.05, 3.63) is 30.3 Å². The van der Waals surface area contributed by atoms with Crippen LogP contribution in [0.25, 0.3) is 0 Å². The highest BCUT2D eigenvalue weighted by Crippen LogP contribution is 2.12. The quantitative estimate of drug-likeness (QED) is 0.341. The molecule has 0 aliphatic carbocycles. The van der Waals surface area contributed by atoms with Crippen molar-refractivity contribution in [2.45, 2.75) is 84.0 Å². The third-order valence-corrected chi connectivity index (χ3v) is 4.06. The summed E-state index contributed by atoms with van der Waals surface area (Å²) in [6, 6.07) is 10.3. The van der Waals surface area contributed by atoms with Crippen molar-refractivity contribution < 1.29 is 0 Å². The van der Waals surface area contributed by atoms with Crippen molar-refractivity contribution in [3.63, 3.8) is 0 Å². The van der Waals surface area contributed by atoms with E-state index in [4.69, 9.17) is 0 Å². The molecule has 119 valence electrons. The van der Waals surface area contributed by atoms with E-state index in [1.165, 1.54) is 77.0 Å². The number of para-hydroxylation sites is 1. The topological polar surface area (TPSA) is 14.1 Å². The number of unbranched alkanes of at least 4 members (excludes halogenated alkanes) is 11. The van der Waals surface area contributed by atoms with Crippen molar-refractivity contribution in [1.29, 1.82) is 0 Å². The maximum absolute atomic E-state index is 4.59. The van der Waals surface area contributed by atoms with Gasteiger partial charge >= 0.3 is 0 Å². The highest BCUT2D eigenvalue weighted by atomic mass is 14.9. The van der Waals surface area contributed by atoms with Crippen LogP contribution in [-0.2, 0) is 0 Å². The fourth-order valence-electron chi connectivity index (χ4n) is 2.69. The van der Waals surface area contributed by atoms with Gasteiger partial charge in [0.2, 0.25) is 0 Å². The SMILES string of the molecule is CCCCCCCCCCCCCC[N]c1ccccc1. The van der Waals surface area contributed by atoms with Gasteiger partial charge in [-0.1, -0.05) is 95.8 Å². The highest BCUT2D eigenvalue weighted by molar-refractivity contribution is 5.34. The van der Waals surface area contributed by atoms with E-state index in [-0.39, 0.29) is 0 Å². The van der Waals surface area contributed by atoms with E-state index in [0.717, 1.165) is 12.2 Å². The first-order valence-corrected chi connectivity index (χ1v) is 9.16. The molecule has 1 radical (unpaired) electrons. The summed E-state index contributed by atoms with van der Waals surface area (Å²) in [7, 11) is 0. The van der Waals surface area contributed by atoms with E-state index in [9.17, 15) is 0 Å². The van der Waals surface area contributed by atoms with Gasteiger partial charge in [0.15, 0.2) is 0 Å². The molecular weight excluding hydrogens is 254 g/mol. The molecule has 0 aromatic heterocycles. The Hall–Kier alpha value is -0.980. The molecule has 0 fully saturated rings. The zero-order chi connectivity index (χ0) is 15.0. The molecule has 1 aromatic carbocycles. The summed E-state index contributed by atoms with van der Waals surface area (Å²) >= 11 is 0. The molecule has 0 spiro atoms. The largest absolute Gasteiger partial charge is 0.285 e. The van der Waals surface area contributed by atoms with Crippen LogP contribution >= 0.6 is 0 Å². The molecule has 0 heterocycles. The van der Waals surface area contributed by atoms with Crippen LogP contribution in [0, 0.1) is 0 Å². The van der Waals surface area contributed by atoms with Crippen molar-refractivity contribution in [3.8, 4) is 0 Å². The first-order chi connectivity index (χ1) is 10.4. The Morgan fingerprint density at radius 2 is 1.10 bits per heavy atom. The Bertz CT molecular complexity index is 307.